The summed E-state index contributed by atoms with van der Waals surface area (Å²) in [6.07, 6.45) is 1.79. The average Bonchev–Trinajstić information content (AvgIpc) is 2.38. The zero-order chi connectivity index (χ0) is 13.0. The van der Waals surface area contributed by atoms with Crippen molar-refractivity contribution in [2.24, 2.45) is 0 Å². The molecule has 1 aromatic heterocycles. The number of hydrogen-bond acceptors (Lipinski definition) is 3. The highest BCUT2D eigenvalue weighted by atomic mass is 79.9. The van der Waals surface area contributed by atoms with E-state index in [-0.39, 0.29) is 0 Å². The van der Waals surface area contributed by atoms with Gasteiger partial charge in [-0.1, -0.05) is 0 Å². The lowest BCUT2D eigenvalue weighted by molar-refractivity contribution is 0.297. The fourth-order valence-electron chi connectivity index (χ4n) is 1.55. The maximum absolute atomic E-state index is 5.73. The molecular weight excluding hydrogens is 294 g/mol. The summed E-state index contributed by atoms with van der Waals surface area (Å²) >= 11 is 3.45. The summed E-state index contributed by atoms with van der Waals surface area (Å²) in [7, 11) is 1.63. The Morgan fingerprint density at radius 3 is 2.78 bits per heavy atom. The zero-order valence-electron chi connectivity index (χ0n) is 10.3. The fraction of sp³-hybridized carbons (Fsp3) is 0.214. The second-order valence-electron chi connectivity index (χ2n) is 3.91. The number of rotatable bonds is 4. The van der Waals surface area contributed by atoms with Gasteiger partial charge in [-0.2, -0.15) is 0 Å². The van der Waals surface area contributed by atoms with Crippen LogP contribution in [0.3, 0.4) is 0 Å². The maximum Gasteiger partial charge on any atom is 0.137 e. The van der Waals surface area contributed by atoms with Gasteiger partial charge >= 0.3 is 0 Å². The lowest BCUT2D eigenvalue weighted by atomic mass is 10.2. The molecule has 18 heavy (non-hydrogen) atoms. The summed E-state index contributed by atoms with van der Waals surface area (Å²) in [6.45, 7) is 2.47. The third-order valence-corrected chi connectivity index (χ3v) is 3.14. The second kappa shape index (κ2) is 5.87. The lowest BCUT2D eigenvalue weighted by Gasteiger charge is -2.09. The van der Waals surface area contributed by atoms with Crippen molar-refractivity contribution < 1.29 is 9.47 Å². The molecule has 2 rings (SSSR count). The van der Waals surface area contributed by atoms with Crippen LogP contribution in [-0.2, 0) is 6.61 Å². The van der Waals surface area contributed by atoms with Crippen molar-refractivity contribution in [1.29, 1.82) is 0 Å². The van der Waals surface area contributed by atoms with Crippen LogP contribution in [0.4, 0.5) is 0 Å². The molecule has 94 valence electrons. The van der Waals surface area contributed by atoms with Gasteiger partial charge in [-0.25, -0.2) is 0 Å². The molecule has 0 atom stereocenters. The first-order valence-corrected chi connectivity index (χ1v) is 6.36. The predicted molar refractivity (Wildman–Crippen MR) is 74.0 cm³/mol. The van der Waals surface area contributed by atoms with E-state index < -0.39 is 0 Å². The Balaban J connectivity index is 2.10. The number of ether oxygens (including phenoxy) is 2. The minimum Gasteiger partial charge on any atom is -0.497 e. The molecule has 0 amide bonds. The summed E-state index contributed by atoms with van der Waals surface area (Å²) < 4.78 is 11.8. The number of hydrogen-bond donors (Lipinski definition) is 0. The number of halogens is 1. The molecule has 4 heteroatoms. The van der Waals surface area contributed by atoms with E-state index >= 15 is 0 Å². The van der Waals surface area contributed by atoms with Gasteiger partial charge in [0.05, 0.1) is 17.3 Å². The molecule has 0 aliphatic heterocycles. The van der Waals surface area contributed by atoms with Crippen molar-refractivity contribution >= 4 is 15.9 Å². The number of benzene rings is 1. The third-order valence-electron chi connectivity index (χ3n) is 2.49. The van der Waals surface area contributed by atoms with E-state index in [2.05, 4.69) is 20.9 Å². The van der Waals surface area contributed by atoms with Crippen LogP contribution in [0, 0.1) is 6.92 Å². The van der Waals surface area contributed by atoms with Gasteiger partial charge in [0, 0.05) is 12.3 Å². The number of aryl methyl sites for hydroxylation is 1. The summed E-state index contributed by atoms with van der Waals surface area (Å²) in [6, 6.07) is 9.60. The Hall–Kier alpha value is -1.55. The molecule has 1 aromatic carbocycles. The summed E-state index contributed by atoms with van der Waals surface area (Å²) in [4.78, 5) is 4.26. The highest BCUT2D eigenvalue weighted by Gasteiger charge is 2.04. The number of nitrogens with zero attached hydrogens (tertiary/aromatic N) is 1. The van der Waals surface area contributed by atoms with Crippen LogP contribution in [0.25, 0.3) is 0 Å². The molecule has 0 unspecified atom stereocenters. The smallest absolute Gasteiger partial charge is 0.137 e. The molecule has 0 fully saturated rings. The van der Waals surface area contributed by atoms with Crippen LogP contribution < -0.4 is 9.47 Å². The van der Waals surface area contributed by atoms with E-state index in [9.17, 15) is 0 Å². The largest absolute Gasteiger partial charge is 0.497 e. The standard InChI is InChI=1S/C14H14BrNO2/c1-10-5-6-16-11(7-10)9-18-14-8-12(17-2)3-4-13(14)15/h3-8H,9H2,1-2H3. The van der Waals surface area contributed by atoms with Gasteiger partial charge in [-0.05, 0) is 52.7 Å². The van der Waals surface area contributed by atoms with Gasteiger partial charge < -0.3 is 9.47 Å². The van der Waals surface area contributed by atoms with E-state index in [4.69, 9.17) is 9.47 Å². The van der Waals surface area contributed by atoms with E-state index in [1.54, 1.807) is 13.3 Å². The molecule has 1 heterocycles. The Morgan fingerprint density at radius 2 is 2.06 bits per heavy atom. The van der Waals surface area contributed by atoms with Gasteiger partial charge in [0.15, 0.2) is 0 Å². The highest BCUT2D eigenvalue weighted by Crippen LogP contribution is 2.29. The van der Waals surface area contributed by atoms with Gasteiger partial charge in [-0.15, -0.1) is 0 Å². The second-order valence-corrected chi connectivity index (χ2v) is 4.76. The topological polar surface area (TPSA) is 31.4 Å². The predicted octanol–water partition coefficient (Wildman–Crippen LogP) is 3.74. The van der Waals surface area contributed by atoms with Gasteiger partial charge in [0.2, 0.25) is 0 Å². The Labute approximate surface area is 115 Å². The van der Waals surface area contributed by atoms with Crippen molar-refractivity contribution in [3.05, 3.63) is 52.3 Å². The van der Waals surface area contributed by atoms with Crippen molar-refractivity contribution in [3.63, 3.8) is 0 Å². The van der Waals surface area contributed by atoms with Crippen LogP contribution in [0.1, 0.15) is 11.3 Å². The van der Waals surface area contributed by atoms with E-state index in [0.29, 0.717) is 6.61 Å². The summed E-state index contributed by atoms with van der Waals surface area (Å²) in [5, 5.41) is 0. The molecule has 0 spiro atoms. The Bertz CT molecular complexity index is 543. The minimum atomic E-state index is 0.438. The van der Waals surface area contributed by atoms with E-state index in [0.717, 1.165) is 21.7 Å². The molecule has 2 aromatic rings. The first-order chi connectivity index (χ1) is 8.69. The zero-order valence-corrected chi connectivity index (χ0v) is 11.9. The maximum atomic E-state index is 5.73. The number of methoxy groups -OCH3 is 1. The molecular formula is C14H14BrNO2. The normalized spacial score (nSPS) is 10.2. The molecule has 3 nitrogen and oxygen atoms in total. The monoisotopic (exact) mass is 307 g/mol. The molecule has 0 N–H and O–H groups in total. The molecule has 0 radical (unpaired) electrons. The SMILES string of the molecule is COc1ccc(Br)c(OCc2cc(C)ccn2)c1. The van der Waals surface area contributed by atoms with E-state index in [1.165, 1.54) is 5.56 Å². The van der Waals surface area contributed by atoms with Crippen LogP contribution in [0.5, 0.6) is 11.5 Å². The van der Waals surface area contributed by atoms with Gasteiger partial charge in [0.1, 0.15) is 18.1 Å². The quantitative estimate of drug-likeness (QED) is 0.862. The van der Waals surface area contributed by atoms with Crippen LogP contribution in [0.15, 0.2) is 41.0 Å². The van der Waals surface area contributed by atoms with Crippen LogP contribution in [-0.4, -0.2) is 12.1 Å². The number of aromatic nitrogens is 1. The molecule has 0 bridgehead atoms. The molecule has 0 aliphatic rings. The van der Waals surface area contributed by atoms with E-state index in [1.807, 2.05) is 37.3 Å². The third kappa shape index (κ3) is 3.23. The number of pyridine rings is 1. The molecule has 0 aliphatic carbocycles. The summed E-state index contributed by atoms with van der Waals surface area (Å²) in [5.74, 6) is 1.52. The average molecular weight is 308 g/mol. The highest BCUT2D eigenvalue weighted by molar-refractivity contribution is 9.10. The molecule has 0 saturated heterocycles. The van der Waals surface area contributed by atoms with Crippen molar-refractivity contribution in [3.8, 4) is 11.5 Å². The van der Waals surface area contributed by atoms with Crippen LogP contribution >= 0.6 is 15.9 Å². The summed E-state index contributed by atoms with van der Waals surface area (Å²) in [5.41, 5.74) is 2.08. The minimum absolute atomic E-state index is 0.438. The first kappa shape index (κ1) is 12.9. The van der Waals surface area contributed by atoms with Crippen LogP contribution in [0.2, 0.25) is 0 Å². The molecule has 0 saturated carbocycles. The Kier molecular flexibility index (Phi) is 4.20. The van der Waals surface area contributed by atoms with Crippen molar-refractivity contribution in [2.45, 2.75) is 13.5 Å². The van der Waals surface area contributed by atoms with Crippen molar-refractivity contribution in [2.75, 3.05) is 7.11 Å². The van der Waals surface area contributed by atoms with Gasteiger partial charge in [0.25, 0.3) is 0 Å². The first-order valence-electron chi connectivity index (χ1n) is 5.57. The lowest BCUT2D eigenvalue weighted by Crippen LogP contribution is -1.99. The fourth-order valence-corrected chi connectivity index (χ4v) is 1.91. The van der Waals surface area contributed by atoms with Crippen molar-refractivity contribution in [1.82, 2.24) is 4.98 Å². The van der Waals surface area contributed by atoms with Gasteiger partial charge in [-0.3, -0.25) is 4.98 Å². The Morgan fingerprint density at radius 1 is 1.22 bits per heavy atom.